The molecule has 0 N–H and O–H groups in total. The number of carbonyl (C=O) groups is 1. The molecule has 0 aliphatic carbocycles. The highest BCUT2D eigenvalue weighted by Gasteiger charge is 2.13. The third kappa shape index (κ3) is 4.58. The summed E-state index contributed by atoms with van der Waals surface area (Å²) in [6, 6.07) is 2.55. The maximum absolute atomic E-state index is 13.1. The Hall–Kier alpha value is -1.34. The molecule has 0 atom stereocenters. The van der Waals surface area contributed by atoms with E-state index in [4.69, 9.17) is 0 Å². The smallest absolute Gasteiger partial charge is 0.264 e. The summed E-state index contributed by atoms with van der Waals surface area (Å²) in [6.45, 7) is -0.367. The van der Waals surface area contributed by atoms with E-state index in [1.54, 1.807) is 0 Å². The van der Waals surface area contributed by atoms with Crippen LogP contribution in [0, 0.1) is 11.6 Å². The van der Waals surface area contributed by atoms with Crippen molar-refractivity contribution >= 4 is 15.9 Å². The highest BCUT2D eigenvalue weighted by molar-refractivity contribution is 7.85. The van der Waals surface area contributed by atoms with E-state index in [1.807, 2.05) is 0 Å². The maximum Gasteiger partial charge on any atom is 0.264 e. The summed E-state index contributed by atoms with van der Waals surface area (Å²) in [7, 11) is -3.62. The summed E-state index contributed by atoms with van der Waals surface area (Å²) in [5, 5.41) is 0. The van der Waals surface area contributed by atoms with Gasteiger partial charge in [0.15, 0.2) is 5.78 Å². The predicted octanol–water partition coefficient (Wildman–Crippen LogP) is 1.51. The molecule has 1 aromatic rings. The van der Waals surface area contributed by atoms with E-state index in [0.717, 1.165) is 18.4 Å². The van der Waals surface area contributed by atoms with Crippen LogP contribution in [0.2, 0.25) is 0 Å². The Morgan fingerprint density at radius 2 is 2.00 bits per heavy atom. The molecule has 1 aromatic carbocycles. The Labute approximate surface area is 97.3 Å². The summed E-state index contributed by atoms with van der Waals surface area (Å²) >= 11 is 0. The topological polar surface area (TPSA) is 60.4 Å². The first-order chi connectivity index (χ1) is 7.79. The summed E-state index contributed by atoms with van der Waals surface area (Å²) in [6.07, 6.45) is 0.547. The Kier molecular flexibility index (Phi) is 4.30. The molecule has 0 radical (unpaired) electrons. The van der Waals surface area contributed by atoms with Crippen molar-refractivity contribution in [3.05, 3.63) is 35.4 Å². The first-order valence-corrected chi connectivity index (χ1v) is 6.44. The van der Waals surface area contributed by atoms with Crippen molar-refractivity contribution in [2.75, 3.05) is 12.9 Å². The molecular weight excluding hydrogens is 254 g/mol. The van der Waals surface area contributed by atoms with Gasteiger partial charge in [-0.1, -0.05) is 0 Å². The first-order valence-electron chi connectivity index (χ1n) is 4.62. The van der Waals surface area contributed by atoms with Gasteiger partial charge in [0.2, 0.25) is 0 Å². The van der Waals surface area contributed by atoms with Gasteiger partial charge in [0.05, 0.1) is 18.4 Å². The number of Topliss-reactive ketones (excluding diaryl/α,β-unsaturated/α-hetero) is 1. The highest BCUT2D eigenvalue weighted by Crippen LogP contribution is 2.11. The molecule has 0 heterocycles. The zero-order valence-electron chi connectivity index (χ0n) is 8.94. The fourth-order valence-electron chi connectivity index (χ4n) is 1.14. The molecule has 0 aromatic heterocycles. The molecule has 17 heavy (non-hydrogen) atoms. The van der Waals surface area contributed by atoms with Crippen LogP contribution in [-0.4, -0.2) is 27.1 Å². The van der Waals surface area contributed by atoms with Crippen molar-refractivity contribution in [3.63, 3.8) is 0 Å². The predicted molar refractivity (Wildman–Crippen MR) is 56.1 cm³/mol. The van der Waals surface area contributed by atoms with Crippen molar-refractivity contribution in [3.8, 4) is 0 Å². The van der Waals surface area contributed by atoms with E-state index in [2.05, 4.69) is 4.18 Å². The highest BCUT2D eigenvalue weighted by atomic mass is 32.2. The molecule has 7 heteroatoms. The zero-order chi connectivity index (χ0) is 13.1. The number of hydrogen-bond donors (Lipinski definition) is 0. The van der Waals surface area contributed by atoms with Crippen LogP contribution in [-0.2, 0) is 14.3 Å². The number of hydrogen-bond acceptors (Lipinski definition) is 4. The Bertz CT molecular complexity index is 525. The van der Waals surface area contributed by atoms with E-state index in [1.165, 1.54) is 0 Å². The monoisotopic (exact) mass is 264 g/mol. The van der Waals surface area contributed by atoms with E-state index >= 15 is 0 Å². The standard InChI is InChI=1S/C10H10F2O4S/c1-17(14,15)16-5-4-10(13)8-3-2-7(11)6-9(8)12/h2-3,6H,4-5H2,1H3. The summed E-state index contributed by atoms with van der Waals surface area (Å²) in [5.74, 6) is -2.41. The largest absolute Gasteiger partial charge is 0.294 e. The summed E-state index contributed by atoms with van der Waals surface area (Å²) in [5.41, 5.74) is -0.288. The van der Waals surface area contributed by atoms with E-state index in [-0.39, 0.29) is 18.6 Å². The number of rotatable bonds is 5. The van der Waals surface area contributed by atoms with Gasteiger partial charge in [-0.15, -0.1) is 0 Å². The van der Waals surface area contributed by atoms with Gasteiger partial charge in [-0.2, -0.15) is 8.42 Å². The van der Waals surface area contributed by atoms with Gasteiger partial charge in [-0.05, 0) is 12.1 Å². The molecule has 0 spiro atoms. The number of ketones is 1. The minimum Gasteiger partial charge on any atom is -0.294 e. The molecule has 94 valence electrons. The fourth-order valence-corrected chi connectivity index (χ4v) is 1.52. The van der Waals surface area contributed by atoms with Crippen LogP contribution in [0.3, 0.4) is 0 Å². The van der Waals surface area contributed by atoms with E-state index in [0.29, 0.717) is 6.07 Å². The van der Waals surface area contributed by atoms with Crippen molar-refractivity contribution in [2.24, 2.45) is 0 Å². The molecule has 0 bridgehead atoms. The SMILES string of the molecule is CS(=O)(=O)OCCC(=O)c1ccc(F)cc1F. The van der Waals surface area contributed by atoms with Crippen LogP contribution in [0.5, 0.6) is 0 Å². The third-order valence-electron chi connectivity index (χ3n) is 1.86. The number of halogens is 2. The van der Waals surface area contributed by atoms with Crippen LogP contribution in [0.25, 0.3) is 0 Å². The molecule has 0 saturated heterocycles. The lowest BCUT2D eigenvalue weighted by atomic mass is 10.1. The molecule has 0 aliphatic heterocycles. The second-order valence-corrected chi connectivity index (χ2v) is 4.97. The summed E-state index contributed by atoms with van der Waals surface area (Å²) < 4.78 is 51.3. The van der Waals surface area contributed by atoms with Gasteiger partial charge >= 0.3 is 0 Å². The lowest BCUT2D eigenvalue weighted by molar-refractivity contribution is 0.0960. The van der Waals surface area contributed by atoms with Crippen molar-refractivity contribution in [2.45, 2.75) is 6.42 Å². The lowest BCUT2D eigenvalue weighted by Crippen LogP contribution is -2.10. The van der Waals surface area contributed by atoms with Crippen molar-refractivity contribution in [1.82, 2.24) is 0 Å². The fraction of sp³-hybridized carbons (Fsp3) is 0.300. The van der Waals surface area contributed by atoms with Crippen LogP contribution >= 0.6 is 0 Å². The van der Waals surface area contributed by atoms with Gasteiger partial charge in [0.25, 0.3) is 10.1 Å². The molecule has 0 unspecified atom stereocenters. The van der Waals surface area contributed by atoms with Crippen LogP contribution in [0.4, 0.5) is 8.78 Å². The quantitative estimate of drug-likeness (QED) is 0.597. The lowest BCUT2D eigenvalue weighted by Gasteiger charge is -2.03. The molecule has 4 nitrogen and oxygen atoms in total. The average molecular weight is 264 g/mol. The second-order valence-electron chi connectivity index (χ2n) is 3.32. The van der Waals surface area contributed by atoms with Gasteiger partial charge in [0.1, 0.15) is 11.6 Å². The Morgan fingerprint density at radius 1 is 1.35 bits per heavy atom. The Balaban J connectivity index is 2.65. The Morgan fingerprint density at radius 3 is 2.53 bits per heavy atom. The molecule has 0 saturated carbocycles. The van der Waals surface area contributed by atoms with Crippen LogP contribution in [0.15, 0.2) is 18.2 Å². The molecule has 0 aliphatic rings. The van der Waals surface area contributed by atoms with Gasteiger partial charge in [-0.3, -0.25) is 8.98 Å². The number of carbonyl (C=O) groups excluding carboxylic acids is 1. The zero-order valence-corrected chi connectivity index (χ0v) is 9.76. The normalized spacial score (nSPS) is 11.5. The van der Waals surface area contributed by atoms with Gasteiger partial charge in [-0.25, -0.2) is 8.78 Å². The number of benzene rings is 1. The van der Waals surface area contributed by atoms with E-state index in [9.17, 15) is 22.0 Å². The van der Waals surface area contributed by atoms with Crippen LogP contribution < -0.4 is 0 Å². The average Bonchev–Trinajstić information content (AvgIpc) is 2.15. The van der Waals surface area contributed by atoms with E-state index < -0.39 is 27.5 Å². The maximum atomic E-state index is 13.1. The second kappa shape index (κ2) is 5.33. The van der Waals surface area contributed by atoms with Crippen LogP contribution in [0.1, 0.15) is 16.8 Å². The minimum absolute atomic E-state index is 0.288. The van der Waals surface area contributed by atoms with Gasteiger partial charge in [0, 0.05) is 12.5 Å². The van der Waals surface area contributed by atoms with Crippen molar-refractivity contribution in [1.29, 1.82) is 0 Å². The molecular formula is C10H10F2O4S. The first kappa shape index (κ1) is 13.7. The van der Waals surface area contributed by atoms with Crippen molar-refractivity contribution < 1.29 is 26.2 Å². The summed E-state index contributed by atoms with van der Waals surface area (Å²) in [4.78, 5) is 11.4. The molecule has 0 fully saturated rings. The van der Waals surface area contributed by atoms with Gasteiger partial charge < -0.3 is 0 Å². The molecule has 1 rings (SSSR count). The minimum atomic E-state index is -3.62. The molecule has 0 amide bonds. The third-order valence-corrected chi connectivity index (χ3v) is 2.45.